The summed E-state index contributed by atoms with van der Waals surface area (Å²) in [5, 5.41) is 3.19. The molecule has 2 heterocycles. The Morgan fingerprint density at radius 1 is 1.30 bits per heavy atom. The maximum Gasteiger partial charge on any atom is 0.220 e. The molecule has 0 radical (unpaired) electrons. The lowest BCUT2D eigenvalue weighted by molar-refractivity contribution is -0.122. The zero-order valence-electron chi connectivity index (χ0n) is 12.8. The zero-order chi connectivity index (χ0) is 14.4. The van der Waals surface area contributed by atoms with Crippen LogP contribution in [0.2, 0.25) is 0 Å². The van der Waals surface area contributed by atoms with Crippen LogP contribution >= 0.6 is 0 Å². The highest BCUT2D eigenvalue weighted by molar-refractivity contribution is 5.76. The summed E-state index contributed by atoms with van der Waals surface area (Å²) < 4.78 is 0. The van der Waals surface area contributed by atoms with E-state index in [-0.39, 0.29) is 5.91 Å². The highest BCUT2D eigenvalue weighted by atomic mass is 16.1. The molecule has 4 nitrogen and oxygen atoms in total. The Labute approximate surface area is 123 Å². The van der Waals surface area contributed by atoms with Crippen molar-refractivity contribution >= 4 is 5.91 Å². The van der Waals surface area contributed by atoms with Gasteiger partial charge in [0.05, 0.1) is 0 Å². The minimum atomic E-state index is 0.181. The van der Waals surface area contributed by atoms with E-state index in [9.17, 15) is 4.79 Å². The first-order chi connectivity index (χ1) is 9.69. The van der Waals surface area contributed by atoms with E-state index in [2.05, 4.69) is 28.7 Å². The van der Waals surface area contributed by atoms with Crippen LogP contribution in [0.15, 0.2) is 12.7 Å². The average Bonchev–Trinajstić information content (AvgIpc) is 2.46. The average molecular weight is 279 g/mol. The summed E-state index contributed by atoms with van der Waals surface area (Å²) >= 11 is 0. The van der Waals surface area contributed by atoms with E-state index in [1.54, 1.807) is 0 Å². The maximum absolute atomic E-state index is 11.8. The van der Waals surface area contributed by atoms with Crippen molar-refractivity contribution in [2.75, 3.05) is 33.2 Å². The fraction of sp³-hybridized carbons (Fsp3) is 0.812. The van der Waals surface area contributed by atoms with Gasteiger partial charge in [0.1, 0.15) is 0 Å². The van der Waals surface area contributed by atoms with Gasteiger partial charge in [0.15, 0.2) is 0 Å². The van der Waals surface area contributed by atoms with E-state index in [1.807, 2.05) is 6.08 Å². The van der Waals surface area contributed by atoms with E-state index >= 15 is 0 Å². The second kappa shape index (κ2) is 7.79. The molecule has 0 aliphatic carbocycles. The predicted octanol–water partition coefficient (Wildman–Crippen LogP) is 1.63. The van der Waals surface area contributed by atoms with Crippen LogP contribution in [0.25, 0.3) is 0 Å². The van der Waals surface area contributed by atoms with Crippen LogP contribution in [0.1, 0.15) is 38.5 Å². The quantitative estimate of drug-likeness (QED) is 0.777. The summed E-state index contributed by atoms with van der Waals surface area (Å²) in [6, 6.07) is 1.07. The van der Waals surface area contributed by atoms with Gasteiger partial charge in [0.25, 0.3) is 0 Å². The highest BCUT2D eigenvalue weighted by Crippen LogP contribution is 2.20. The summed E-state index contributed by atoms with van der Waals surface area (Å²) in [5.74, 6) is 0.181. The molecule has 0 saturated carbocycles. The molecule has 2 aliphatic rings. The Morgan fingerprint density at radius 3 is 2.75 bits per heavy atom. The van der Waals surface area contributed by atoms with Crippen LogP contribution in [0.4, 0.5) is 0 Å². The molecule has 0 spiro atoms. The molecule has 0 aromatic rings. The number of hydrogen-bond acceptors (Lipinski definition) is 3. The third kappa shape index (κ3) is 4.60. The van der Waals surface area contributed by atoms with Gasteiger partial charge in [-0.25, -0.2) is 0 Å². The Balaban J connectivity index is 1.76. The molecule has 0 bridgehead atoms. The van der Waals surface area contributed by atoms with Gasteiger partial charge in [-0.3, -0.25) is 9.69 Å². The number of allylic oxidation sites excluding steroid dienone is 1. The number of amides is 1. The number of hydrogen-bond donors (Lipinski definition) is 1. The van der Waals surface area contributed by atoms with Gasteiger partial charge >= 0.3 is 0 Å². The second-order valence-corrected chi connectivity index (χ2v) is 6.26. The monoisotopic (exact) mass is 279 g/mol. The standard InChI is InChI=1S/C16H29N3O/c1-3-4-7-16(20)17-14-6-5-10-19(13-14)15-8-11-18(2)12-9-15/h3,14-15H,1,4-13H2,2H3,(H,17,20)/t14-/m1/s1. The van der Waals surface area contributed by atoms with E-state index in [1.165, 1.54) is 38.9 Å². The molecule has 114 valence electrons. The number of likely N-dealkylation sites (tertiary alicyclic amines) is 2. The first-order valence-corrected chi connectivity index (χ1v) is 8.02. The second-order valence-electron chi connectivity index (χ2n) is 6.26. The van der Waals surface area contributed by atoms with Crippen LogP contribution in [0.3, 0.4) is 0 Å². The van der Waals surface area contributed by atoms with Crippen molar-refractivity contribution in [3.63, 3.8) is 0 Å². The third-order valence-electron chi connectivity index (χ3n) is 4.60. The molecule has 1 amide bonds. The SMILES string of the molecule is C=CCCC(=O)N[C@@H]1CCCN(C2CCN(C)CC2)C1. The summed E-state index contributed by atoms with van der Waals surface area (Å²) in [6.07, 6.45) is 8.04. The van der Waals surface area contributed by atoms with E-state index in [0.29, 0.717) is 12.5 Å². The van der Waals surface area contributed by atoms with Crippen LogP contribution in [0.5, 0.6) is 0 Å². The fourth-order valence-corrected chi connectivity index (χ4v) is 3.35. The molecule has 0 aromatic carbocycles. The van der Waals surface area contributed by atoms with Crippen LogP contribution in [-0.2, 0) is 4.79 Å². The van der Waals surface area contributed by atoms with Crippen LogP contribution in [0, 0.1) is 0 Å². The maximum atomic E-state index is 11.8. The number of nitrogens with one attached hydrogen (secondary N) is 1. The summed E-state index contributed by atoms with van der Waals surface area (Å²) in [7, 11) is 2.20. The predicted molar refractivity (Wildman–Crippen MR) is 82.7 cm³/mol. The van der Waals surface area contributed by atoms with Crippen molar-refractivity contribution < 1.29 is 4.79 Å². The van der Waals surface area contributed by atoms with Gasteiger partial charge in [0.2, 0.25) is 5.91 Å². The molecular weight excluding hydrogens is 250 g/mol. The van der Waals surface area contributed by atoms with Crippen LogP contribution in [-0.4, -0.2) is 61.0 Å². The minimum absolute atomic E-state index is 0.181. The van der Waals surface area contributed by atoms with Crippen molar-refractivity contribution in [1.29, 1.82) is 0 Å². The molecule has 20 heavy (non-hydrogen) atoms. The topological polar surface area (TPSA) is 35.6 Å². The molecule has 4 heteroatoms. The molecule has 0 unspecified atom stereocenters. The third-order valence-corrected chi connectivity index (χ3v) is 4.60. The molecule has 2 rings (SSSR count). The molecule has 2 aliphatic heterocycles. The van der Waals surface area contributed by atoms with E-state index in [4.69, 9.17) is 0 Å². The Bertz CT molecular complexity index is 324. The minimum Gasteiger partial charge on any atom is -0.352 e. The van der Waals surface area contributed by atoms with Crippen molar-refractivity contribution in [3.8, 4) is 0 Å². The van der Waals surface area contributed by atoms with Gasteiger partial charge in [-0.2, -0.15) is 0 Å². The van der Waals surface area contributed by atoms with E-state index in [0.717, 1.165) is 25.4 Å². The normalized spacial score (nSPS) is 26.4. The van der Waals surface area contributed by atoms with Crippen molar-refractivity contribution in [1.82, 2.24) is 15.1 Å². The Kier molecular flexibility index (Phi) is 6.05. The van der Waals surface area contributed by atoms with Crippen LogP contribution < -0.4 is 5.32 Å². The van der Waals surface area contributed by atoms with Gasteiger partial charge in [-0.05, 0) is 58.8 Å². The number of piperidine rings is 2. The zero-order valence-corrected chi connectivity index (χ0v) is 12.8. The molecular formula is C16H29N3O. The Morgan fingerprint density at radius 2 is 2.05 bits per heavy atom. The molecule has 1 atom stereocenters. The van der Waals surface area contributed by atoms with Crippen molar-refractivity contribution in [2.24, 2.45) is 0 Å². The number of carbonyl (C=O) groups excluding carboxylic acids is 1. The van der Waals surface area contributed by atoms with Crippen molar-refractivity contribution in [2.45, 2.75) is 50.6 Å². The summed E-state index contributed by atoms with van der Waals surface area (Å²) in [6.45, 7) is 8.32. The first-order valence-electron chi connectivity index (χ1n) is 8.02. The van der Waals surface area contributed by atoms with E-state index < -0.39 is 0 Å². The fourth-order valence-electron chi connectivity index (χ4n) is 3.35. The van der Waals surface area contributed by atoms with Gasteiger partial charge in [-0.15, -0.1) is 6.58 Å². The molecule has 2 fully saturated rings. The van der Waals surface area contributed by atoms with Crippen molar-refractivity contribution in [3.05, 3.63) is 12.7 Å². The number of rotatable bonds is 5. The summed E-state index contributed by atoms with van der Waals surface area (Å²) in [4.78, 5) is 16.8. The number of nitrogens with zero attached hydrogens (tertiary/aromatic N) is 2. The van der Waals surface area contributed by atoms with Gasteiger partial charge < -0.3 is 10.2 Å². The first kappa shape index (κ1) is 15.5. The lowest BCUT2D eigenvalue weighted by Gasteiger charge is -2.41. The number of carbonyl (C=O) groups is 1. The van der Waals surface area contributed by atoms with Gasteiger partial charge in [-0.1, -0.05) is 6.08 Å². The summed E-state index contributed by atoms with van der Waals surface area (Å²) in [5.41, 5.74) is 0. The largest absolute Gasteiger partial charge is 0.352 e. The smallest absolute Gasteiger partial charge is 0.220 e. The molecule has 2 saturated heterocycles. The Hall–Kier alpha value is -0.870. The van der Waals surface area contributed by atoms with Gasteiger partial charge in [0, 0.05) is 25.0 Å². The highest BCUT2D eigenvalue weighted by Gasteiger charge is 2.28. The molecule has 1 N–H and O–H groups in total. The lowest BCUT2D eigenvalue weighted by atomic mass is 9.98. The lowest BCUT2D eigenvalue weighted by Crippen LogP contribution is -2.53. The molecule has 0 aromatic heterocycles.